The van der Waals surface area contributed by atoms with E-state index in [4.69, 9.17) is 21.2 Å². The van der Waals surface area contributed by atoms with Gasteiger partial charge in [0.25, 0.3) is 5.91 Å². The molecule has 1 fully saturated rings. The van der Waals surface area contributed by atoms with Gasteiger partial charge in [-0.25, -0.2) is 10.3 Å². The third-order valence-electron chi connectivity index (χ3n) is 6.86. The molecule has 0 unspecified atom stereocenters. The molecule has 2 aliphatic rings. The lowest BCUT2D eigenvalue weighted by Crippen LogP contribution is -2.44. The van der Waals surface area contributed by atoms with Gasteiger partial charge in [-0.2, -0.15) is 0 Å². The molecular weight excluding hydrogens is 548 g/mol. The van der Waals surface area contributed by atoms with Crippen molar-refractivity contribution in [3.8, 4) is 0 Å². The van der Waals surface area contributed by atoms with Gasteiger partial charge in [0.1, 0.15) is 11.6 Å². The first-order valence-electron chi connectivity index (χ1n) is 13.7. The number of nitrogens with one attached hydrogen (secondary N) is 2. The number of halogens is 1. The number of hydroxylamine groups is 1. The highest BCUT2D eigenvalue weighted by atomic mass is 35.5. The summed E-state index contributed by atoms with van der Waals surface area (Å²) in [6.07, 6.45) is 7.31. The Balaban J connectivity index is 1.56. The van der Waals surface area contributed by atoms with E-state index in [1.54, 1.807) is 51.1 Å². The van der Waals surface area contributed by atoms with Crippen LogP contribution in [-0.4, -0.2) is 41.8 Å². The zero-order valence-corrected chi connectivity index (χ0v) is 24.8. The molecular formula is C31H37ClN2O5S. The summed E-state index contributed by atoms with van der Waals surface area (Å²) in [5.41, 5.74) is 4.86. The second-order valence-corrected chi connectivity index (χ2v) is 12.8. The molecule has 1 aliphatic heterocycles. The molecule has 2 aromatic rings. The maximum Gasteiger partial charge on any atom is 0.408 e. The molecule has 1 aliphatic carbocycles. The molecule has 0 radical (unpaired) electrons. The van der Waals surface area contributed by atoms with Crippen LogP contribution in [0, 0.1) is 5.92 Å². The topological polar surface area (TPSA) is 93.7 Å². The van der Waals surface area contributed by atoms with Crippen molar-refractivity contribution in [3.05, 3.63) is 70.3 Å². The molecule has 1 heterocycles. The maximum absolute atomic E-state index is 13.4. The van der Waals surface area contributed by atoms with Crippen molar-refractivity contribution < 1.29 is 24.0 Å². The van der Waals surface area contributed by atoms with Gasteiger partial charge in [-0.3, -0.25) is 14.4 Å². The van der Waals surface area contributed by atoms with Crippen molar-refractivity contribution in [1.82, 2.24) is 10.8 Å². The first kappa shape index (κ1) is 30.2. The fourth-order valence-corrected chi connectivity index (χ4v) is 6.05. The summed E-state index contributed by atoms with van der Waals surface area (Å²) in [6, 6.07) is 12.1. The summed E-state index contributed by atoms with van der Waals surface area (Å²) >= 11 is 7.54. The van der Waals surface area contributed by atoms with E-state index >= 15 is 0 Å². The number of hydrogen-bond donors (Lipinski definition) is 2. The lowest BCUT2D eigenvalue weighted by molar-refractivity contribution is -0.116. The first-order valence-corrected chi connectivity index (χ1v) is 15.1. The SMILES string of the molecule is CC(C)(C)OC(=O)N[C@H]1CSc2ccc(C(=O)NOCC3CCCCC3)cc2C(Cc2ccc(Cl)cc2)=CC1=O. The van der Waals surface area contributed by atoms with E-state index in [0.29, 0.717) is 35.3 Å². The van der Waals surface area contributed by atoms with Gasteiger partial charge in [-0.15, -0.1) is 11.8 Å². The van der Waals surface area contributed by atoms with Gasteiger partial charge in [-0.05, 0) is 99.1 Å². The van der Waals surface area contributed by atoms with Crippen LogP contribution < -0.4 is 10.8 Å². The number of hydrogen-bond acceptors (Lipinski definition) is 6. The number of thioether (sulfide) groups is 1. The number of carbonyl (C=O) groups is 3. The summed E-state index contributed by atoms with van der Waals surface area (Å²) in [6.45, 7) is 5.83. The minimum Gasteiger partial charge on any atom is -0.444 e. The maximum atomic E-state index is 13.4. The monoisotopic (exact) mass is 584 g/mol. The van der Waals surface area contributed by atoms with Crippen LogP contribution in [0.1, 0.15) is 74.4 Å². The summed E-state index contributed by atoms with van der Waals surface area (Å²) in [5, 5.41) is 3.34. The summed E-state index contributed by atoms with van der Waals surface area (Å²) < 4.78 is 5.38. The standard InChI is InChI=1S/C31H37ClN2O5S/c1-31(2,3)39-30(37)33-26-19-40-28-14-11-22(29(36)34-38-18-21-7-5-4-6-8-21)16-25(28)23(17-27(26)35)15-20-9-12-24(32)13-10-20/h9-14,16-17,21,26H,4-8,15,18-19H2,1-3H3,(H,33,37)(H,34,36)/t26-/m0/s1. The van der Waals surface area contributed by atoms with Crippen molar-refractivity contribution in [2.24, 2.45) is 5.92 Å². The minimum absolute atomic E-state index is 0.237. The Hall–Kier alpha value is -2.81. The molecule has 2 aromatic carbocycles. The number of ether oxygens (including phenoxy) is 1. The summed E-state index contributed by atoms with van der Waals surface area (Å²) in [7, 11) is 0. The molecule has 0 aromatic heterocycles. The Kier molecular flexibility index (Phi) is 10.3. The number of amides is 2. The fourth-order valence-electron chi connectivity index (χ4n) is 4.82. The van der Waals surface area contributed by atoms with E-state index in [1.807, 2.05) is 18.2 Å². The molecule has 214 valence electrons. The molecule has 0 saturated heterocycles. The quantitative estimate of drug-likeness (QED) is 0.349. The average Bonchev–Trinajstić information content (AvgIpc) is 2.90. The van der Waals surface area contributed by atoms with E-state index in [2.05, 4.69) is 10.8 Å². The minimum atomic E-state index is -0.760. The van der Waals surface area contributed by atoms with Crippen LogP contribution in [0.3, 0.4) is 0 Å². The Morgan fingerprint density at radius 1 is 1.05 bits per heavy atom. The smallest absolute Gasteiger partial charge is 0.408 e. The van der Waals surface area contributed by atoms with Crippen molar-refractivity contribution in [1.29, 1.82) is 0 Å². The molecule has 2 amide bonds. The van der Waals surface area contributed by atoms with E-state index in [0.717, 1.165) is 34.4 Å². The van der Waals surface area contributed by atoms with Crippen molar-refractivity contribution in [2.75, 3.05) is 12.4 Å². The van der Waals surface area contributed by atoms with Crippen LogP contribution in [0.2, 0.25) is 5.02 Å². The fraction of sp³-hybridized carbons (Fsp3) is 0.452. The van der Waals surface area contributed by atoms with E-state index in [-0.39, 0.29) is 11.7 Å². The predicted molar refractivity (Wildman–Crippen MR) is 158 cm³/mol. The van der Waals surface area contributed by atoms with Crippen molar-refractivity contribution in [2.45, 2.75) is 75.8 Å². The summed E-state index contributed by atoms with van der Waals surface area (Å²) in [4.78, 5) is 45.3. The lowest BCUT2D eigenvalue weighted by Gasteiger charge is -2.24. The number of fused-ring (bicyclic) bond motifs is 1. The number of carbonyl (C=O) groups excluding carboxylic acids is 3. The molecule has 0 bridgehead atoms. The number of rotatable bonds is 7. The Morgan fingerprint density at radius 3 is 2.48 bits per heavy atom. The normalized spacial score (nSPS) is 18.1. The van der Waals surface area contributed by atoms with Crippen LogP contribution in [0.15, 0.2) is 53.4 Å². The third kappa shape index (κ3) is 8.85. The highest BCUT2D eigenvalue weighted by Crippen LogP contribution is 2.34. The highest BCUT2D eigenvalue weighted by molar-refractivity contribution is 7.99. The van der Waals surface area contributed by atoms with Gasteiger partial charge in [0.05, 0.1) is 6.61 Å². The summed E-state index contributed by atoms with van der Waals surface area (Å²) in [5.74, 6) is 0.237. The number of alkyl carbamates (subject to hydrolysis) is 1. The third-order valence-corrected chi connectivity index (χ3v) is 8.28. The molecule has 7 nitrogen and oxygen atoms in total. The van der Waals surface area contributed by atoms with Crippen LogP contribution in [-0.2, 0) is 20.8 Å². The van der Waals surface area contributed by atoms with Crippen LogP contribution in [0.25, 0.3) is 5.57 Å². The Labute approximate surface area is 245 Å². The van der Waals surface area contributed by atoms with Crippen LogP contribution in [0.4, 0.5) is 4.79 Å². The van der Waals surface area contributed by atoms with Gasteiger partial charge in [0.2, 0.25) is 0 Å². The van der Waals surface area contributed by atoms with Crippen molar-refractivity contribution in [3.63, 3.8) is 0 Å². The molecule has 40 heavy (non-hydrogen) atoms. The molecule has 9 heteroatoms. The Morgan fingerprint density at radius 2 is 1.77 bits per heavy atom. The van der Waals surface area contributed by atoms with Crippen LogP contribution >= 0.6 is 23.4 Å². The van der Waals surface area contributed by atoms with Crippen LogP contribution in [0.5, 0.6) is 0 Å². The van der Waals surface area contributed by atoms with Gasteiger partial charge >= 0.3 is 6.09 Å². The molecule has 1 saturated carbocycles. The number of benzene rings is 2. The molecule has 0 spiro atoms. The lowest BCUT2D eigenvalue weighted by atomic mass is 9.90. The number of allylic oxidation sites excluding steroid dienone is 1. The average molecular weight is 585 g/mol. The molecule has 2 N–H and O–H groups in total. The van der Waals surface area contributed by atoms with Gasteiger partial charge in [0, 0.05) is 21.2 Å². The predicted octanol–water partition coefficient (Wildman–Crippen LogP) is 6.78. The van der Waals surface area contributed by atoms with Gasteiger partial charge in [0.15, 0.2) is 5.78 Å². The highest BCUT2D eigenvalue weighted by Gasteiger charge is 2.27. The van der Waals surface area contributed by atoms with Crippen molar-refractivity contribution >= 4 is 46.7 Å². The zero-order valence-electron chi connectivity index (χ0n) is 23.3. The molecule has 1 atom stereocenters. The van der Waals surface area contributed by atoms with E-state index < -0.39 is 17.7 Å². The van der Waals surface area contributed by atoms with E-state index in [9.17, 15) is 14.4 Å². The largest absolute Gasteiger partial charge is 0.444 e. The Bertz CT molecular complexity index is 1250. The first-order chi connectivity index (χ1) is 19.1. The zero-order chi connectivity index (χ0) is 28.7. The van der Waals surface area contributed by atoms with E-state index in [1.165, 1.54) is 31.0 Å². The second-order valence-electron chi connectivity index (χ2n) is 11.3. The van der Waals surface area contributed by atoms with Gasteiger partial charge in [-0.1, -0.05) is 43.0 Å². The second kappa shape index (κ2) is 13.7. The molecule has 4 rings (SSSR count). The van der Waals surface area contributed by atoms with Gasteiger partial charge < -0.3 is 10.1 Å². The number of ketones is 1.